The van der Waals surface area contributed by atoms with Gasteiger partial charge >= 0.3 is 0 Å². The summed E-state index contributed by atoms with van der Waals surface area (Å²) in [6.45, 7) is 2.25. The lowest BCUT2D eigenvalue weighted by atomic mass is 10.2. The number of nitrogens with zero attached hydrogens (tertiary/aromatic N) is 1. The number of sulfonamides is 1. The van der Waals surface area contributed by atoms with E-state index in [0.29, 0.717) is 17.8 Å². The molecule has 5 nitrogen and oxygen atoms in total. The molecular weight excluding hydrogens is 324 g/mol. The first-order valence-electron chi connectivity index (χ1n) is 7.46. The van der Waals surface area contributed by atoms with E-state index in [2.05, 4.69) is 9.71 Å². The third-order valence-electron chi connectivity index (χ3n) is 3.66. The number of fused-ring (bicyclic) bond motifs is 1. The van der Waals surface area contributed by atoms with Gasteiger partial charge in [-0.1, -0.05) is 30.3 Å². The van der Waals surface area contributed by atoms with Crippen molar-refractivity contribution in [1.82, 2.24) is 4.98 Å². The van der Waals surface area contributed by atoms with E-state index in [1.54, 1.807) is 37.6 Å². The Labute approximate surface area is 141 Å². The molecule has 0 saturated heterocycles. The number of nitrogens with one attached hydrogen (secondary N) is 1. The van der Waals surface area contributed by atoms with E-state index in [1.165, 1.54) is 0 Å². The van der Waals surface area contributed by atoms with E-state index in [4.69, 9.17) is 4.74 Å². The minimum atomic E-state index is -3.76. The van der Waals surface area contributed by atoms with Crippen molar-refractivity contribution in [2.24, 2.45) is 0 Å². The fourth-order valence-corrected chi connectivity index (χ4v) is 3.84. The van der Waals surface area contributed by atoms with Crippen LogP contribution in [0, 0.1) is 6.92 Å². The number of rotatable bonds is 5. The molecule has 0 fully saturated rings. The van der Waals surface area contributed by atoms with E-state index in [9.17, 15) is 8.42 Å². The highest BCUT2D eigenvalue weighted by Gasteiger charge is 2.19. The Balaban J connectivity index is 2.06. The van der Waals surface area contributed by atoms with Gasteiger partial charge in [0.1, 0.15) is 4.90 Å². The molecule has 0 aliphatic rings. The molecule has 2 aromatic carbocycles. The lowest BCUT2D eigenvalue weighted by Gasteiger charge is -2.13. The van der Waals surface area contributed by atoms with Gasteiger partial charge in [0.15, 0.2) is 0 Å². The van der Waals surface area contributed by atoms with Crippen LogP contribution < -0.4 is 4.72 Å². The quantitative estimate of drug-likeness (QED) is 0.771. The third kappa shape index (κ3) is 3.25. The standard InChI is InChI=1S/C18H18N2O3S/c1-13-10-14-7-5-9-17(18(14)19-11-13)24(21,22)20-16-8-4-3-6-15(16)12-23-2/h3-11,20H,12H2,1-2H3. The van der Waals surface area contributed by atoms with Crippen LogP contribution in [0.5, 0.6) is 0 Å². The molecule has 0 amide bonds. The molecule has 0 radical (unpaired) electrons. The molecule has 0 aliphatic carbocycles. The van der Waals surface area contributed by atoms with Crippen LogP contribution in [0.4, 0.5) is 5.69 Å². The van der Waals surface area contributed by atoms with E-state index in [1.807, 2.05) is 31.2 Å². The van der Waals surface area contributed by atoms with Crippen molar-refractivity contribution in [3.8, 4) is 0 Å². The molecule has 1 N–H and O–H groups in total. The van der Waals surface area contributed by atoms with Gasteiger partial charge in [0.2, 0.25) is 0 Å². The van der Waals surface area contributed by atoms with Gasteiger partial charge < -0.3 is 4.74 Å². The van der Waals surface area contributed by atoms with E-state index >= 15 is 0 Å². The van der Waals surface area contributed by atoms with E-state index in [-0.39, 0.29) is 4.90 Å². The highest BCUT2D eigenvalue weighted by atomic mass is 32.2. The van der Waals surface area contributed by atoms with Crippen LogP contribution in [0.15, 0.2) is 59.6 Å². The van der Waals surface area contributed by atoms with Gasteiger partial charge in [0.25, 0.3) is 10.0 Å². The summed E-state index contributed by atoms with van der Waals surface area (Å²) in [6.07, 6.45) is 1.67. The largest absolute Gasteiger partial charge is 0.380 e. The molecule has 0 unspecified atom stereocenters. The average molecular weight is 342 g/mol. The first-order chi connectivity index (χ1) is 11.5. The predicted molar refractivity (Wildman–Crippen MR) is 94.4 cm³/mol. The SMILES string of the molecule is COCc1ccccc1NS(=O)(=O)c1cccc2cc(C)cnc12. The molecule has 1 heterocycles. The number of hydrogen-bond donors (Lipinski definition) is 1. The number of hydrogen-bond acceptors (Lipinski definition) is 4. The van der Waals surface area contributed by atoms with Crippen molar-refractivity contribution in [1.29, 1.82) is 0 Å². The Kier molecular flexibility index (Phi) is 4.51. The number of para-hydroxylation sites is 2. The lowest BCUT2D eigenvalue weighted by Crippen LogP contribution is -2.15. The fourth-order valence-electron chi connectivity index (χ4n) is 2.56. The zero-order valence-electron chi connectivity index (χ0n) is 13.5. The topological polar surface area (TPSA) is 68.3 Å². The minimum absolute atomic E-state index is 0.159. The number of anilines is 1. The van der Waals surface area contributed by atoms with Crippen LogP contribution >= 0.6 is 0 Å². The molecule has 0 atom stereocenters. The van der Waals surface area contributed by atoms with Crippen LogP contribution in [0.2, 0.25) is 0 Å². The number of aryl methyl sites for hydroxylation is 1. The number of pyridine rings is 1. The molecule has 0 spiro atoms. The Bertz CT molecular complexity index is 984. The maximum Gasteiger partial charge on any atom is 0.264 e. The van der Waals surface area contributed by atoms with Gasteiger partial charge in [-0.3, -0.25) is 9.71 Å². The van der Waals surface area contributed by atoms with E-state index in [0.717, 1.165) is 16.5 Å². The van der Waals surface area contributed by atoms with Crippen molar-refractivity contribution in [2.45, 2.75) is 18.4 Å². The molecule has 3 rings (SSSR count). The van der Waals surface area contributed by atoms with Crippen molar-refractivity contribution >= 4 is 26.6 Å². The molecule has 6 heteroatoms. The monoisotopic (exact) mass is 342 g/mol. The molecule has 24 heavy (non-hydrogen) atoms. The fraction of sp³-hybridized carbons (Fsp3) is 0.167. The average Bonchev–Trinajstić information content (AvgIpc) is 2.56. The molecule has 124 valence electrons. The Morgan fingerprint density at radius 1 is 1.12 bits per heavy atom. The molecular formula is C18H18N2O3S. The van der Waals surface area contributed by atoms with Crippen LogP contribution in [-0.2, 0) is 21.4 Å². The first kappa shape index (κ1) is 16.4. The normalized spacial score (nSPS) is 11.6. The second kappa shape index (κ2) is 6.59. The third-order valence-corrected chi connectivity index (χ3v) is 5.06. The zero-order chi connectivity index (χ0) is 17.2. The molecule has 0 aliphatic heterocycles. The molecule has 3 aromatic rings. The number of benzene rings is 2. The summed E-state index contributed by atoms with van der Waals surface area (Å²) in [5.41, 5.74) is 2.71. The summed E-state index contributed by atoms with van der Waals surface area (Å²) >= 11 is 0. The lowest BCUT2D eigenvalue weighted by molar-refractivity contribution is 0.185. The van der Waals surface area contributed by atoms with Crippen LogP contribution in [-0.4, -0.2) is 20.5 Å². The number of methoxy groups -OCH3 is 1. The summed E-state index contributed by atoms with van der Waals surface area (Å²) in [7, 11) is -2.19. The minimum Gasteiger partial charge on any atom is -0.380 e. The van der Waals surface area contributed by atoms with Crippen molar-refractivity contribution in [3.63, 3.8) is 0 Å². The van der Waals surface area contributed by atoms with Crippen LogP contribution in [0.3, 0.4) is 0 Å². The van der Waals surface area contributed by atoms with Crippen molar-refractivity contribution in [2.75, 3.05) is 11.8 Å². The van der Waals surface area contributed by atoms with Gasteiger partial charge in [-0.2, -0.15) is 0 Å². The Morgan fingerprint density at radius 3 is 2.71 bits per heavy atom. The van der Waals surface area contributed by atoms with Gasteiger partial charge in [-0.25, -0.2) is 8.42 Å². The predicted octanol–water partition coefficient (Wildman–Crippen LogP) is 3.49. The summed E-state index contributed by atoms with van der Waals surface area (Å²) in [5, 5.41) is 0.794. The van der Waals surface area contributed by atoms with Crippen molar-refractivity contribution in [3.05, 3.63) is 65.9 Å². The molecule has 1 aromatic heterocycles. The van der Waals surface area contributed by atoms with Crippen LogP contribution in [0.25, 0.3) is 10.9 Å². The second-order valence-corrected chi connectivity index (χ2v) is 7.19. The van der Waals surface area contributed by atoms with E-state index < -0.39 is 10.0 Å². The molecule has 0 saturated carbocycles. The summed E-state index contributed by atoms with van der Waals surface area (Å²) in [5.74, 6) is 0. The summed E-state index contributed by atoms with van der Waals surface area (Å²) in [4.78, 5) is 4.46. The highest BCUT2D eigenvalue weighted by Crippen LogP contribution is 2.25. The zero-order valence-corrected chi connectivity index (χ0v) is 14.3. The van der Waals surface area contributed by atoms with Crippen molar-refractivity contribution < 1.29 is 13.2 Å². The van der Waals surface area contributed by atoms with Gasteiger partial charge in [-0.05, 0) is 30.7 Å². The molecule has 0 bridgehead atoms. The van der Waals surface area contributed by atoms with Gasteiger partial charge in [0.05, 0.1) is 17.8 Å². The summed E-state index contributed by atoms with van der Waals surface area (Å²) < 4.78 is 33.5. The van der Waals surface area contributed by atoms with Gasteiger partial charge in [-0.15, -0.1) is 0 Å². The highest BCUT2D eigenvalue weighted by molar-refractivity contribution is 7.93. The second-order valence-electron chi connectivity index (χ2n) is 5.54. The Hall–Kier alpha value is -2.44. The maximum absolute atomic E-state index is 12.9. The Morgan fingerprint density at radius 2 is 1.92 bits per heavy atom. The maximum atomic E-state index is 12.9. The number of aromatic nitrogens is 1. The van der Waals surface area contributed by atoms with Gasteiger partial charge in [0, 0.05) is 24.3 Å². The first-order valence-corrected chi connectivity index (χ1v) is 8.94. The summed E-state index contributed by atoms with van der Waals surface area (Å²) in [6, 6.07) is 14.2. The number of ether oxygens (including phenoxy) is 1. The van der Waals surface area contributed by atoms with Crippen LogP contribution in [0.1, 0.15) is 11.1 Å². The smallest absolute Gasteiger partial charge is 0.264 e.